The Kier molecular flexibility index (Phi) is 5.44. The maximum Gasteiger partial charge on any atom is 0.173 e. The van der Waals surface area contributed by atoms with Crippen molar-refractivity contribution in [2.24, 2.45) is 16.8 Å². The molecule has 0 radical (unpaired) electrons. The fourth-order valence-corrected chi connectivity index (χ4v) is 3.01. The van der Waals surface area contributed by atoms with Gasteiger partial charge in [-0.3, -0.25) is 0 Å². The van der Waals surface area contributed by atoms with Crippen molar-refractivity contribution in [3.05, 3.63) is 29.3 Å². The lowest BCUT2D eigenvalue weighted by Crippen LogP contribution is -2.31. The number of oxime groups is 1. The van der Waals surface area contributed by atoms with Crippen molar-refractivity contribution in [2.75, 3.05) is 7.11 Å². The molecule has 1 saturated carbocycles. The van der Waals surface area contributed by atoms with Crippen molar-refractivity contribution in [1.82, 2.24) is 5.32 Å². The van der Waals surface area contributed by atoms with Crippen LogP contribution in [0.15, 0.2) is 23.4 Å². The molecular weight excluding hydrogens is 266 g/mol. The van der Waals surface area contributed by atoms with Gasteiger partial charge < -0.3 is 21.0 Å². The Morgan fingerprint density at radius 2 is 2.19 bits per heavy atom. The molecule has 1 aromatic rings. The first-order chi connectivity index (χ1) is 10.2. The molecule has 1 atom stereocenters. The van der Waals surface area contributed by atoms with Gasteiger partial charge in [-0.15, -0.1) is 0 Å². The molecule has 2 rings (SSSR count). The summed E-state index contributed by atoms with van der Waals surface area (Å²) >= 11 is 0. The second-order valence-electron chi connectivity index (χ2n) is 5.73. The zero-order valence-corrected chi connectivity index (χ0v) is 12.8. The van der Waals surface area contributed by atoms with Crippen LogP contribution in [0.1, 0.15) is 43.7 Å². The molecule has 21 heavy (non-hydrogen) atoms. The first kappa shape index (κ1) is 15.6. The number of benzene rings is 1. The van der Waals surface area contributed by atoms with Crippen LogP contribution in [-0.4, -0.2) is 24.2 Å². The summed E-state index contributed by atoms with van der Waals surface area (Å²) < 4.78 is 5.32. The molecule has 4 N–H and O–H groups in total. The van der Waals surface area contributed by atoms with Crippen molar-refractivity contribution in [3.8, 4) is 5.75 Å². The zero-order chi connectivity index (χ0) is 15.2. The van der Waals surface area contributed by atoms with E-state index in [-0.39, 0.29) is 5.84 Å². The SMILES string of the molecule is COc1cc(CN[C@@H](C)C2CCCC2)ccc1/C(N)=N/O. The van der Waals surface area contributed by atoms with E-state index in [4.69, 9.17) is 15.7 Å². The smallest absolute Gasteiger partial charge is 0.173 e. The lowest BCUT2D eigenvalue weighted by atomic mass is 9.99. The Bertz CT molecular complexity index is 496. The molecule has 1 aliphatic rings. The van der Waals surface area contributed by atoms with Gasteiger partial charge in [-0.25, -0.2) is 0 Å². The number of nitrogens with one attached hydrogen (secondary N) is 1. The molecule has 5 nitrogen and oxygen atoms in total. The van der Waals surface area contributed by atoms with E-state index in [0.717, 1.165) is 18.0 Å². The van der Waals surface area contributed by atoms with Crippen LogP contribution < -0.4 is 15.8 Å². The Labute approximate surface area is 126 Å². The van der Waals surface area contributed by atoms with E-state index in [0.29, 0.717) is 17.4 Å². The minimum atomic E-state index is 0.0608. The second-order valence-corrected chi connectivity index (χ2v) is 5.73. The number of nitrogens with two attached hydrogens (primary N) is 1. The van der Waals surface area contributed by atoms with E-state index >= 15 is 0 Å². The first-order valence-corrected chi connectivity index (χ1v) is 7.54. The number of methoxy groups -OCH3 is 1. The number of amidine groups is 1. The van der Waals surface area contributed by atoms with E-state index in [9.17, 15) is 0 Å². The van der Waals surface area contributed by atoms with Crippen LogP contribution in [0.25, 0.3) is 0 Å². The largest absolute Gasteiger partial charge is 0.496 e. The van der Waals surface area contributed by atoms with Gasteiger partial charge in [0.25, 0.3) is 0 Å². The van der Waals surface area contributed by atoms with Crippen molar-refractivity contribution in [2.45, 2.75) is 45.2 Å². The van der Waals surface area contributed by atoms with E-state index in [1.807, 2.05) is 18.2 Å². The monoisotopic (exact) mass is 291 g/mol. The molecule has 5 heteroatoms. The van der Waals surface area contributed by atoms with Gasteiger partial charge in [0.15, 0.2) is 5.84 Å². The Morgan fingerprint density at radius 1 is 1.48 bits per heavy atom. The Morgan fingerprint density at radius 3 is 2.81 bits per heavy atom. The molecule has 0 heterocycles. The Balaban J connectivity index is 2.00. The molecule has 0 saturated heterocycles. The van der Waals surface area contributed by atoms with Crippen molar-refractivity contribution in [1.29, 1.82) is 0 Å². The molecule has 1 fully saturated rings. The maximum atomic E-state index is 8.77. The third-order valence-electron chi connectivity index (χ3n) is 4.38. The summed E-state index contributed by atoms with van der Waals surface area (Å²) in [7, 11) is 1.59. The summed E-state index contributed by atoms with van der Waals surface area (Å²) in [5.41, 5.74) is 7.36. The number of ether oxygens (including phenoxy) is 1. The second kappa shape index (κ2) is 7.31. The molecule has 116 valence electrons. The van der Waals surface area contributed by atoms with Gasteiger partial charge in [0.1, 0.15) is 5.75 Å². The molecule has 0 aromatic heterocycles. The molecule has 1 aromatic carbocycles. The van der Waals surface area contributed by atoms with Crippen LogP contribution in [0.5, 0.6) is 5.75 Å². The molecule has 0 bridgehead atoms. The van der Waals surface area contributed by atoms with Gasteiger partial charge >= 0.3 is 0 Å². The Hall–Kier alpha value is -1.75. The highest BCUT2D eigenvalue weighted by atomic mass is 16.5. The average molecular weight is 291 g/mol. The standard InChI is InChI=1S/C16H25N3O2/c1-11(13-5-3-4-6-13)18-10-12-7-8-14(16(17)19-20)15(9-12)21-2/h7-9,11,13,18,20H,3-6,10H2,1-2H3,(H2,17,19)/t11-/m0/s1. The van der Waals surface area contributed by atoms with Gasteiger partial charge in [-0.05, 0) is 43.4 Å². The van der Waals surface area contributed by atoms with Gasteiger partial charge in [-0.1, -0.05) is 24.1 Å². The average Bonchev–Trinajstić information content (AvgIpc) is 3.06. The fourth-order valence-electron chi connectivity index (χ4n) is 3.01. The highest BCUT2D eigenvalue weighted by Crippen LogP contribution is 2.28. The topological polar surface area (TPSA) is 79.9 Å². The summed E-state index contributed by atoms with van der Waals surface area (Å²) in [6.07, 6.45) is 5.39. The minimum Gasteiger partial charge on any atom is -0.496 e. The third-order valence-corrected chi connectivity index (χ3v) is 4.38. The van der Waals surface area contributed by atoms with Crippen LogP contribution in [0.2, 0.25) is 0 Å². The summed E-state index contributed by atoms with van der Waals surface area (Å²) in [5, 5.41) is 15.4. The predicted molar refractivity (Wildman–Crippen MR) is 83.8 cm³/mol. The van der Waals surface area contributed by atoms with Crippen molar-refractivity contribution >= 4 is 5.84 Å². The van der Waals surface area contributed by atoms with Crippen LogP contribution in [0.4, 0.5) is 0 Å². The summed E-state index contributed by atoms with van der Waals surface area (Å²) in [6, 6.07) is 6.26. The molecule has 0 amide bonds. The maximum absolute atomic E-state index is 8.77. The fraction of sp³-hybridized carbons (Fsp3) is 0.562. The number of rotatable bonds is 6. The highest BCUT2D eigenvalue weighted by molar-refractivity contribution is 5.99. The van der Waals surface area contributed by atoms with E-state index in [1.165, 1.54) is 25.7 Å². The van der Waals surface area contributed by atoms with Gasteiger partial charge in [0.2, 0.25) is 0 Å². The lowest BCUT2D eigenvalue weighted by molar-refractivity contribution is 0.318. The molecule has 0 unspecified atom stereocenters. The number of hydrogen-bond donors (Lipinski definition) is 3. The van der Waals surface area contributed by atoms with Crippen molar-refractivity contribution < 1.29 is 9.94 Å². The van der Waals surface area contributed by atoms with Crippen molar-refractivity contribution in [3.63, 3.8) is 0 Å². The summed E-state index contributed by atoms with van der Waals surface area (Å²) in [6.45, 7) is 3.06. The zero-order valence-electron chi connectivity index (χ0n) is 12.8. The van der Waals surface area contributed by atoms with E-state index in [2.05, 4.69) is 17.4 Å². The van der Waals surface area contributed by atoms with Crippen LogP contribution in [0, 0.1) is 5.92 Å². The summed E-state index contributed by atoms with van der Waals surface area (Å²) in [4.78, 5) is 0. The quantitative estimate of drug-likeness (QED) is 0.325. The molecular formula is C16H25N3O2. The normalized spacial score (nSPS) is 17.9. The van der Waals surface area contributed by atoms with Gasteiger partial charge in [0.05, 0.1) is 12.7 Å². The van der Waals surface area contributed by atoms with Crippen LogP contribution in [-0.2, 0) is 6.54 Å². The predicted octanol–water partition coefficient (Wildman–Crippen LogP) is 2.46. The number of hydrogen-bond acceptors (Lipinski definition) is 4. The highest BCUT2D eigenvalue weighted by Gasteiger charge is 2.21. The first-order valence-electron chi connectivity index (χ1n) is 7.54. The molecule has 1 aliphatic carbocycles. The molecule has 0 aliphatic heterocycles. The minimum absolute atomic E-state index is 0.0608. The number of nitrogens with zero attached hydrogens (tertiary/aromatic N) is 1. The lowest BCUT2D eigenvalue weighted by Gasteiger charge is -2.20. The van der Waals surface area contributed by atoms with Crippen LogP contribution in [0.3, 0.4) is 0 Å². The van der Waals surface area contributed by atoms with Crippen LogP contribution >= 0.6 is 0 Å². The van der Waals surface area contributed by atoms with Gasteiger partial charge in [0, 0.05) is 12.6 Å². The summed E-state index contributed by atoms with van der Waals surface area (Å²) in [5.74, 6) is 1.48. The third kappa shape index (κ3) is 3.88. The van der Waals surface area contributed by atoms with E-state index < -0.39 is 0 Å². The van der Waals surface area contributed by atoms with E-state index in [1.54, 1.807) is 7.11 Å². The van der Waals surface area contributed by atoms with Gasteiger partial charge in [-0.2, -0.15) is 0 Å². The molecule has 0 spiro atoms.